The third-order valence-corrected chi connectivity index (χ3v) is 8.28. The molecule has 2 aromatic carbocycles. The van der Waals surface area contributed by atoms with Crippen molar-refractivity contribution < 1.29 is 26.0 Å². The van der Waals surface area contributed by atoms with Gasteiger partial charge in [0, 0.05) is 49.2 Å². The van der Waals surface area contributed by atoms with Gasteiger partial charge in [0.1, 0.15) is 17.3 Å². The number of nitrogens with zero attached hydrogens (tertiary/aromatic N) is 3. The van der Waals surface area contributed by atoms with E-state index in [9.17, 15) is 17.2 Å². The lowest BCUT2D eigenvalue weighted by Gasteiger charge is -2.44. The summed E-state index contributed by atoms with van der Waals surface area (Å²) in [5.41, 5.74) is -0.112. The Bertz CT molecular complexity index is 1350. The smallest absolute Gasteiger partial charge is 0.246 e. The zero-order chi connectivity index (χ0) is 29.2. The summed E-state index contributed by atoms with van der Waals surface area (Å²) in [6.07, 6.45) is 0.852. The summed E-state index contributed by atoms with van der Waals surface area (Å²) >= 11 is 0. The molecule has 0 aromatic heterocycles. The van der Waals surface area contributed by atoms with Gasteiger partial charge in [-0.05, 0) is 69.0 Å². The van der Waals surface area contributed by atoms with E-state index < -0.39 is 39.1 Å². The fourth-order valence-electron chi connectivity index (χ4n) is 5.58. The molecule has 4 rings (SSSR count). The summed E-state index contributed by atoms with van der Waals surface area (Å²) in [5, 5.41) is 11.9. The van der Waals surface area contributed by atoms with Crippen LogP contribution in [0, 0.1) is 23.0 Å². The van der Waals surface area contributed by atoms with Crippen molar-refractivity contribution >= 4 is 21.4 Å². The van der Waals surface area contributed by atoms with Gasteiger partial charge in [-0.2, -0.15) is 5.26 Å². The maximum absolute atomic E-state index is 15.8. The van der Waals surface area contributed by atoms with E-state index in [4.69, 9.17) is 5.26 Å². The molecule has 2 heterocycles. The molecule has 0 saturated carbocycles. The second-order valence-electron chi connectivity index (χ2n) is 11.3. The number of nitrogens with one attached hydrogen (secondary N) is 2. The number of anilines is 2. The van der Waals surface area contributed by atoms with Crippen LogP contribution in [0.4, 0.5) is 28.9 Å². The average Bonchev–Trinajstić information content (AvgIpc) is 2.80. The van der Waals surface area contributed by atoms with Crippen LogP contribution in [0.15, 0.2) is 30.3 Å². The van der Waals surface area contributed by atoms with Crippen LogP contribution >= 0.6 is 0 Å². The topological polar surface area (TPSA) is 88.5 Å². The van der Waals surface area contributed by atoms with Gasteiger partial charge in [-0.15, -0.1) is 0 Å². The normalized spacial score (nSPS) is 20.4. The van der Waals surface area contributed by atoms with Crippen molar-refractivity contribution in [3.05, 3.63) is 58.7 Å². The van der Waals surface area contributed by atoms with Crippen molar-refractivity contribution in [2.45, 2.75) is 57.4 Å². The minimum Gasteiger partial charge on any atom is -0.380 e. The van der Waals surface area contributed by atoms with E-state index in [-0.39, 0.29) is 42.2 Å². The first-order valence-corrected chi connectivity index (χ1v) is 14.9. The van der Waals surface area contributed by atoms with Crippen LogP contribution < -0.4 is 10.0 Å². The Labute approximate surface area is 233 Å². The molecule has 0 spiro atoms. The van der Waals surface area contributed by atoms with Gasteiger partial charge < -0.3 is 5.32 Å². The zero-order valence-electron chi connectivity index (χ0n) is 22.9. The van der Waals surface area contributed by atoms with E-state index in [1.807, 2.05) is 6.92 Å². The molecule has 7 nitrogen and oxygen atoms in total. The molecular weight excluding hydrogens is 546 g/mol. The zero-order valence-corrected chi connectivity index (χ0v) is 23.7. The van der Waals surface area contributed by atoms with Gasteiger partial charge in [-0.25, -0.2) is 21.6 Å². The Balaban J connectivity index is 1.67. The highest BCUT2D eigenvalue weighted by Gasteiger charge is 2.39. The van der Waals surface area contributed by atoms with E-state index in [2.05, 4.69) is 14.9 Å². The first-order valence-electron chi connectivity index (χ1n) is 13.3. The highest BCUT2D eigenvalue weighted by Crippen LogP contribution is 2.42. The molecule has 0 amide bonds. The maximum Gasteiger partial charge on any atom is 0.246 e. The van der Waals surface area contributed by atoms with Crippen molar-refractivity contribution in [2.24, 2.45) is 0 Å². The molecule has 218 valence electrons. The van der Waals surface area contributed by atoms with Crippen LogP contribution in [-0.4, -0.2) is 74.6 Å². The van der Waals surface area contributed by atoms with Gasteiger partial charge in [-0.1, -0.05) is 6.07 Å². The summed E-state index contributed by atoms with van der Waals surface area (Å²) in [5.74, 6) is -2.27. The molecular formula is C28H35F4N5O2S. The van der Waals surface area contributed by atoms with E-state index in [1.54, 1.807) is 23.1 Å². The van der Waals surface area contributed by atoms with Crippen molar-refractivity contribution in [3.8, 4) is 6.07 Å². The van der Waals surface area contributed by atoms with E-state index in [1.165, 1.54) is 32.0 Å². The minimum atomic E-state index is -3.88. The van der Waals surface area contributed by atoms with Crippen LogP contribution in [0.5, 0.6) is 0 Å². The number of rotatable bonds is 11. The van der Waals surface area contributed by atoms with Gasteiger partial charge in [0.05, 0.1) is 24.8 Å². The Morgan fingerprint density at radius 2 is 1.80 bits per heavy atom. The molecule has 1 fully saturated rings. The van der Waals surface area contributed by atoms with E-state index in [0.29, 0.717) is 43.6 Å². The summed E-state index contributed by atoms with van der Waals surface area (Å²) in [6.45, 7) is 6.14. The third kappa shape index (κ3) is 7.06. The molecule has 1 saturated heterocycles. The predicted octanol–water partition coefficient (Wildman–Crippen LogP) is 4.77. The summed E-state index contributed by atoms with van der Waals surface area (Å²) < 4.78 is 85.4. The summed E-state index contributed by atoms with van der Waals surface area (Å²) in [4.78, 5) is 3.80. The minimum absolute atomic E-state index is 0.00763. The van der Waals surface area contributed by atoms with Crippen molar-refractivity contribution in [1.29, 1.82) is 5.26 Å². The molecule has 0 aliphatic carbocycles. The number of halogens is 4. The Hall–Kier alpha value is -2.88. The first-order chi connectivity index (χ1) is 18.8. The molecule has 40 heavy (non-hydrogen) atoms. The van der Waals surface area contributed by atoms with Crippen molar-refractivity contribution in [1.82, 2.24) is 9.80 Å². The first kappa shape index (κ1) is 30.1. The SMILES string of the molecule is C[C@@H]1Cc2cc(NS(=O)(=O)CC#N)ccc2[C@@H](c2c(F)cc(NC3CN(CCCF)C3)cc2F)N1CC(C)(C)F. The van der Waals surface area contributed by atoms with Crippen LogP contribution in [0.1, 0.15) is 49.9 Å². The van der Waals surface area contributed by atoms with Crippen molar-refractivity contribution in [3.63, 3.8) is 0 Å². The van der Waals surface area contributed by atoms with Gasteiger partial charge in [-0.3, -0.25) is 18.9 Å². The van der Waals surface area contributed by atoms with Gasteiger partial charge in [0.25, 0.3) is 0 Å². The lowest BCUT2D eigenvalue weighted by atomic mass is 9.83. The standard InChI is InChI=1S/C28H35F4N5O2S/c1-18-11-19-12-20(35-40(38,39)10-8-33)5-6-23(19)27(37(18)17-28(2,3)32)26-24(30)13-21(14-25(26)31)34-22-15-36(16-22)9-4-7-29/h5-6,12-14,18,22,27,34-35H,4,7,9-11,15-17H2,1-3H3/t18-,27+/m1/s1. The molecule has 2 atom stereocenters. The van der Waals surface area contributed by atoms with Crippen LogP contribution in [-0.2, 0) is 16.4 Å². The fourth-order valence-corrected chi connectivity index (χ4v) is 6.30. The van der Waals surface area contributed by atoms with Crippen LogP contribution in [0.3, 0.4) is 0 Å². The summed E-state index contributed by atoms with van der Waals surface area (Å²) in [7, 11) is -3.88. The second-order valence-corrected chi connectivity index (χ2v) is 13.0. The van der Waals surface area contributed by atoms with Gasteiger partial charge in [0.2, 0.25) is 10.0 Å². The number of likely N-dealkylation sites (tertiary alicyclic amines) is 1. The molecule has 0 radical (unpaired) electrons. The van der Waals surface area contributed by atoms with Crippen molar-refractivity contribution in [2.75, 3.05) is 48.6 Å². The maximum atomic E-state index is 15.8. The molecule has 0 bridgehead atoms. The average molecular weight is 582 g/mol. The van der Waals surface area contributed by atoms with E-state index in [0.717, 1.165) is 0 Å². The Morgan fingerprint density at radius 3 is 2.40 bits per heavy atom. The molecule has 2 aliphatic rings. The molecule has 12 heteroatoms. The third-order valence-electron chi connectivity index (χ3n) is 7.23. The van der Waals surface area contributed by atoms with Gasteiger partial charge in [0.15, 0.2) is 5.75 Å². The van der Waals surface area contributed by atoms with E-state index >= 15 is 8.78 Å². The number of sulfonamides is 1. The van der Waals surface area contributed by atoms with Crippen LogP contribution in [0.25, 0.3) is 0 Å². The number of hydrogen-bond donors (Lipinski definition) is 2. The molecule has 0 unspecified atom stereocenters. The predicted molar refractivity (Wildman–Crippen MR) is 147 cm³/mol. The second kappa shape index (κ2) is 11.9. The largest absolute Gasteiger partial charge is 0.380 e. The Morgan fingerprint density at radius 1 is 1.12 bits per heavy atom. The molecule has 2 N–H and O–H groups in total. The number of alkyl halides is 2. The Kier molecular flexibility index (Phi) is 8.97. The highest BCUT2D eigenvalue weighted by molar-refractivity contribution is 7.92. The number of hydrogen-bond acceptors (Lipinski definition) is 6. The highest BCUT2D eigenvalue weighted by atomic mass is 32.2. The van der Waals surface area contributed by atoms with Crippen LogP contribution in [0.2, 0.25) is 0 Å². The van der Waals surface area contributed by atoms with Gasteiger partial charge >= 0.3 is 0 Å². The lowest BCUT2D eigenvalue weighted by molar-refractivity contribution is 0.0653. The quantitative estimate of drug-likeness (QED) is 0.372. The number of benzene rings is 2. The fraction of sp³-hybridized carbons (Fsp3) is 0.536. The summed E-state index contributed by atoms with van der Waals surface area (Å²) in [6, 6.07) is 7.48. The molecule has 2 aliphatic heterocycles. The monoisotopic (exact) mass is 581 g/mol. The number of fused-ring (bicyclic) bond motifs is 1. The lowest BCUT2D eigenvalue weighted by Crippen LogP contribution is -2.54. The number of nitriles is 1. The molecule has 2 aromatic rings.